The lowest BCUT2D eigenvalue weighted by Crippen LogP contribution is -2.21. The van der Waals surface area contributed by atoms with E-state index >= 15 is 0 Å². The maximum atomic E-state index is 11.8. The molecule has 0 fully saturated rings. The molecule has 0 aliphatic carbocycles. The first kappa shape index (κ1) is 11.1. The highest BCUT2D eigenvalue weighted by atomic mass is 16.1. The number of hydrogen-bond acceptors (Lipinski definition) is 1. The average Bonchev–Trinajstić information content (AvgIpc) is 2.32. The van der Waals surface area contributed by atoms with Crippen molar-refractivity contribution in [3.8, 4) is 0 Å². The molecule has 14 heavy (non-hydrogen) atoms. The number of nitrogens with one attached hydrogen (secondary N) is 1. The summed E-state index contributed by atoms with van der Waals surface area (Å²) in [5.41, 5.74) is 2.14. The molecule has 0 aromatic carbocycles. The molecule has 0 spiro atoms. The lowest BCUT2D eigenvalue weighted by Gasteiger charge is -2.03. The molecule has 0 aliphatic heterocycles. The van der Waals surface area contributed by atoms with Gasteiger partial charge in [0.25, 0.3) is 5.56 Å². The zero-order valence-electron chi connectivity index (χ0n) is 9.55. The van der Waals surface area contributed by atoms with E-state index in [1.165, 1.54) is 0 Å². The van der Waals surface area contributed by atoms with Gasteiger partial charge in [-0.1, -0.05) is 27.2 Å². The quantitative estimate of drug-likeness (QED) is 0.786. The van der Waals surface area contributed by atoms with Crippen molar-refractivity contribution in [3.05, 3.63) is 21.6 Å². The summed E-state index contributed by atoms with van der Waals surface area (Å²) in [5, 5.41) is 3.13. The number of H-pyrrole nitrogens is 1. The van der Waals surface area contributed by atoms with Crippen LogP contribution in [0.3, 0.4) is 0 Å². The maximum Gasteiger partial charge on any atom is 0.269 e. The van der Waals surface area contributed by atoms with Gasteiger partial charge in [-0.2, -0.15) is 0 Å². The van der Waals surface area contributed by atoms with Gasteiger partial charge in [0.15, 0.2) is 0 Å². The largest absolute Gasteiger partial charge is 0.300 e. The normalized spacial score (nSPS) is 11.2. The van der Waals surface area contributed by atoms with E-state index in [2.05, 4.69) is 25.9 Å². The fraction of sp³-hybridized carbons (Fsp3) is 0.727. The topological polar surface area (TPSA) is 37.8 Å². The van der Waals surface area contributed by atoms with Crippen molar-refractivity contribution in [2.24, 2.45) is 5.92 Å². The van der Waals surface area contributed by atoms with E-state index in [9.17, 15) is 4.79 Å². The lowest BCUT2D eigenvalue weighted by molar-refractivity contribution is 0.470. The summed E-state index contributed by atoms with van der Waals surface area (Å²) in [6.45, 7) is 9.08. The van der Waals surface area contributed by atoms with Crippen molar-refractivity contribution in [1.29, 1.82) is 0 Å². The van der Waals surface area contributed by atoms with Crippen LogP contribution in [0.5, 0.6) is 0 Å². The summed E-state index contributed by atoms with van der Waals surface area (Å²) < 4.78 is 1.73. The molecule has 1 aromatic heterocycles. The van der Waals surface area contributed by atoms with E-state index in [1.807, 2.05) is 6.92 Å². The SMILES string of the molecule is CCCc1c(C)[nH]n(CC(C)C)c1=O. The van der Waals surface area contributed by atoms with Gasteiger partial charge < -0.3 is 0 Å². The Hall–Kier alpha value is -0.990. The van der Waals surface area contributed by atoms with Crippen LogP contribution in [0.4, 0.5) is 0 Å². The van der Waals surface area contributed by atoms with E-state index in [1.54, 1.807) is 4.68 Å². The highest BCUT2D eigenvalue weighted by Crippen LogP contribution is 2.04. The highest BCUT2D eigenvalue weighted by molar-refractivity contribution is 5.15. The fourth-order valence-electron chi connectivity index (χ4n) is 1.68. The Morgan fingerprint density at radius 3 is 2.57 bits per heavy atom. The molecule has 0 unspecified atom stereocenters. The molecule has 0 saturated carbocycles. The molecule has 1 heterocycles. The number of hydrogen-bond donors (Lipinski definition) is 1. The first-order valence-corrected chi connectivity index (χ1v) is 5.34. The second-order valence-electron chi connectivity index (χ2n) is 4.27. The first-order chi connectivity index (χ1) is 6.56. The monoisotopic (exact) mass is 196 g/mol. The molecule has 0 aliphatic rings. The van der Waals surface area contributed by atoms with Crippen LogP contribution in [-0.2, 0) is 13.0 Å². The Morgan fingerprint density at radius 1 is 1.43 bits per heavy atom. The predicted molar refractivity (Wildman–Crippen MR) is 58.6 cm³/mol. The van der Waals surface area contributed by atoms with Gasteiger partial charge in [-0.05, 0) is 19.3 Å². The Kier molecular flexibility index (Phi) is 3.55. The Balaban J connectivity index is 2.98. The molecular formula is C11H20N2O. The van der Waals surface area contributed by atoms with Crippen LogP contribution in [-0.4, -0.2) is 9.78 Å². The van der Waals surface area contributed by atoms with Crippen molar-refractivity contribution < 1.29 is 0 Å². The van der Waals surface area contributed by atoms with Crippen LogP contribution in [0.15, 0.2) is 4.79 Å². The Morgan fingerprint density at radius 2 is 2.07 bits per heavy atom. The second-order valence-corrected chi connectivity index (χ2v) is 4.27. The van der Waals surface area contributed by atoms with Crippen molar-refractivity contribution >= 4 is 0 Å². The minimum Gasteiger partial charge on any atom is -0.300 e. The van der Waals surface area contributed by atoms with E-state index in [4.69, 9.17) is 0 Å². The summed E-state index contributed by atoms with van der Waals surface area (Å²) in [7, 11) is 0. The molecule has 3 nitrogen and oxygen atoms in total. The zero-order chi connectivity index (χ0) is 10.7. The molecule has 0 amide bonds. The van der Waals surface area contributed by atoms with Crippen LogP contribution in [0.1, 0.15) is 38.4 Å². The van der Waals surface area contributed by atoms with Gasteiger partial charge in [0, 0.05) is 17.8 Å². The average molecular weight is 196 g/mol. The number of nitrogens with zero attached hydrogens (tertiary/aromatic N) is 1. The molecular weight excluding hydrogens is 176 g/mol. The van der Waals surface area contributed by atoms with Gasteiger partial charge in [0.1, 0.15) is 0 Å². The molecule has 0 radical (unpaired) electrons. The van der Waals surface area contributed by atoms with Crippen LogP contribution in [0.25, 0.3) is 0 Å². The van der Waals surface area contributed by atoms with Crippen LogP contribution in [0.2, 0.25) is 0 Å². The summed E-state index contributed by atoms with van der Waals surface area (Å²) in [4.78, 5) is 11.8. The number of aryl methyl sites for hydroxylation is 1. The van der Waals surface area contributed by atoms with Crippen molar-refractivity contribution in [1.82, 2.24) is 9.78 Å². The predicted octanol–water partition coefficient (Wildman–Crippen LogP) is 2.09. The number of aromatic nitrogens is 2. The van der Waals surface area contributed by atoms with E-state index in [0.29, 0.717) is 5.92 Å². The lowest BCUT2D eigenvalue weighted by atomic mass is 10.1. The summed E-state index contributed by atoms with van der Waals surface area (Å²) in [5.74, 6) is 0.500. The first-order valence-electron chi connectivity index (χ1n) is 5.34. The molecule has 80 valence electrons. The Bertz CT molecular complexity index is 347. The smallest absolute Gasteiger partial charge is 0.269 e. The molecule has 0 saturated heterocycles. The van der Waals surface area contributed by atoms with Gasteiger partial charge in [0.2, 0.25) is 0 Å². The molecule has 0 atom stereocenters. The maximum absolute atomic E-state index is 11.8. The number of rotatable bonds is 4. The summed E-state index contributed by atoms with van der Waals surface area (Å²) in [6.07, 6.45) is 1.90. The minimum absolute atomic E-state index is 0.165. The molecule has 1 N–H and O–H groups in total. The third-order valence-corrected chi connectivity index (χ3v) is 2.31. The van der Waals surface area contributed by atoms with Gasteiger partial charge in [-0.3, -0.25) is 14.6 Å². The third-order valence-electron chi connectivity index (χ3n) is 2.31. The van der Waals surface area contributed by atoms with Gasteiger partial charge in [-0.15, -0.1) is 0 Å². The minimum atomic E-state index is 0.165. The third kappa shape index (κ3) is 2.28. The standard InChI is InChI=1S/C11H20N2O/c1-5-6-10-9(4)12-13(11(10)14)7-8(2)3/h8,12H,5-7H2,1-4H3. The van der Waals surface area contributed by atoms with Crippen molar-refractivity contribution in [2.45, 2.75) is 47.1 Å². The molecule has 1 rings (SSSR count). The highest BCUT2D eigenvalue weighted by Gasteiger charge is 2.10. The van der Waals surface area contributed by atoms with Crippen LogP contribution < -0.4 is 5.56 Å². The fourth-order valence-corrected chi connectivity index (χ4v) is 1.68. The van der Waals surface area contributed by atoms with Gasteiger partial charge >= 0.3 is 0 Å². The van der Waals surface area contributed by atoms with Crippen molar-refractivity contribution in [3.63, 3.8) is 0 Å². The van der Waals surface area contributed by atoms with E-state index in [0.717, 1.165) is 30.6 Å². The van der Waals surface area contributed by atoms with Crippen LogP contribution in [0, 0.1) is 12.8 Å². The number of aromatic amines is 1. The van der Waals surface area contributed by atoms with Crippen LogP contribution >= 0.6 is 0 Å². The molecule has 1 aromatic rings. The molecule has 3 heteroatoms. The summed E-state index contributed by atoms with van der Waals surface area (Å²) >= 11 is 0. The zero-order valence-corrected chi connectivity index (χ0v) is 9.55. The van der Waals surface area contributed by atoms with Gasteiger partial charge in [0.05, 0.1) is 0 Å². The second kappa shape index (κ2) is 4.49. The van der Waals surface area contributed by atoms with E-state index in [-0.39, 0.29) is 5.56 Å². The molecule has 0 bridgehead atoms. The Labute approximate surface area is 85.1 Å². The van der Waals surface area contributed by atoms with Gasteiger partial charge in [-0.25, -0.2) is 0 Å². The summed E-state index contributed by atoms with van der Waals surface area (Å²) in [6, 6.07) is 0. The van der Waals surface area contributed by atoms with E-state index < -0.39 is 0 Å². The van der Waals surface area contributed by atoms with Crippen molar-refractivity contribution in [2.75, 3.05) is 0 Å².